The topological polar surface area (TPSA) is 12.5 Å². The Hall–Kier alpha value is -6.90. The van der Waals surface area contributed by atoms with Gasteiger partial charge in [-0.25, -0.2) is 0 Å². The number of nitrogens with zero attached hydrogens (tertiary/aromatic N) is 1. The lowest BCUT2D eigenvalue weighted by atomic mass is 9.75. The first-order chi connectivity index (χ1) is 32.5. The van der Waals surface area contributed by atoms with Gasteiger partial charge in [0.05, 0.1) is 11.4 Å². The van der Waals surface area contributed by atoms with Gasteiger partial charge in [-0.1, -0.05) is 191 Å². The van der Waals surface area contributed by atoms with Crippen LogP contribution in [0.5, 0.6) is 0 Å². The van der Waals surface area contributed by atoms with Crippen molar-refractivity contribution in [1.82, 2.24) is 0 Å². The van der Waals surface area contributed by atoms with Crippen molar-refractivity contribution in [3.05, 3.63) is 249 Å². The number of rotatable bonds is 4. The van der Waals surface area contributed by atoms with E-state index in [1.165, 1.54) is 83.4 Å². The van der Waals surface area contributed by atoms with E-state index in [1.807, 2.05) is 0 Å². The number of fused-ring (bicyclic) bond motifs is 12. The van der Waals surface area contributed by atoms with Crippen LogP contribution in [0.4, 0.5) is 11.4 Å². The van der Waals surface area contributed by atoms with E-state index in [-0.39, 0.29) is 23.2 Å². The first kappa shape index (κ1) is 40.6. The van der Waals surface area contributed by atoms with E-state index < -0.39 is 0 Å². The Labute approximate surface area is 391 Å². The molecule has 0 radical (unpaired) electrons. The number of ether oxygens (including phenoxy) is 1. The summed E-state index contributed by atoms with van der Waals surface area (Å²) in [5.41, 5.74) is 19.9. The fourth-order valence-electron chi connectivity index (χ4n) is 12.4. The maximum absolute atomic E-state index is 7.35. The Balaban J connectivity index is 0.965. The van der Waals surface area contributed by atoms with Crippen LogP contribution in [0.15, 0.2) is 205 Å². The summed E-state index contributed by atoms with van der Waals surface area (Å²) in [6.45, 7) is 7.76. The molecule has 0 amide bonds. The molecule has 12 rings (SSSR count). The number of hydrogen-bond acceptors (Lipinski definition) is 2. The molecule has 324 valence electrons. The number of hydrogen-bond donors (Lipinski definition) is 0. The van der Waals surface area contributed by atoms with Crippen molar-refractivity contribution in [2.45, 2.75) is 64.2 Å². The quantitative estimate of drug-likeness (QED) is 0.179. The molecule has 0 spiro atoms. The van der Waals surface area contributed by atoms with Crippen LogP contribution < -0.4 is 4.90 Å². The smallest absolute Gasteiger partial charge is 0.127 e. The van der Waals surface area contributed by atoms with E-state index in [1.54, 1.807) is 5.56 Å². The summed E-state index contributed by atoms with van der Waals surface area (Å²) in [5.74, 6) is 2.11. The third-order valence-electron chi connectivity index (χ3n) is 15.6. The van der Waals surface area contributed by atoms with Crippen LogP contribution in [0.2, 0.25) is 0 Å². The molecule has 6 aliphatic carbocycles. The minimum atomic E-state index is -0.301. The van der Waals surface area contributed by atoms with Gasteiger partial charge in [-0.15, -0.1) is 0 Å². The van der Waals surface area contributed by atoms with Crippen molar-refractivity contribution >= 4 is 45.6 Å². The van der Waals surface area contributed by atoms with E-state index in [0.29, 0.717) is 12.5 Å². The largest absolute Gasteiger partial charge is 0.489 e. The van der Waals surface area contributed by atoms with Crippen LogP contribution in [0.1, 0.15) is 90.5 Å². The Kier molecular flexibility index (Phi) is 10.2. The Morgan fingerprint density at radius 1 is 0.667 bits per heavy atom. The van der Waals surface area contributed by atoms with Gasteiger partial charge in [0.1, 0.15) is 12.4 Å². The van der Waals surface area contributed by atoms with E-state index in [0.717, 1.165) is 43.6 Å². The summed E-state index contributed by atoms with van der Waals surface area (Å²) in [4.78, 5) is 2.56. The van der Waals surface area contributed by atoms with Crippen molar-refractivity contribution in [2.24, 2.45) is 17.8 Å². The Bertz CT molecular complexity index is 3170. The van der Waals surface area contributed by atoms with Crippen molar-refractivity contribution in [1.29, 1.82) is 0 Å². The van der Waals surface area contributed by atoms with Gasteiger partial charge in [0.25, 0.3) is 0 Å². The van der Waals surface area contributed by atoms with E-state index in [9.17, 15) is 0 Å². The standard InChI is InChI=1S/C64H57NO/c1-42-20-6-4-9-34-58-61(63-47(42)32-18-22-43(38-39-66-63)44-36-37-54-52-29-13-12-27-50(52)51-28-14-15-30-53(51)57(54)40-44)56-33-19-35-59(62(56)64(58,2)3)65(46-23-7-5-8-24-46)60-41-45-21-10-11-25-48(45)49-26-16-17-31-55(49)60/h4-14,16-29,31,33,35-38,41-42,44-45,48H,15,30,32,34,39-40H2,1-3H3/b9-4-,20-6-,22-18-,43-38+,63-47+/t42-,44?,45?,48?/m1/s1. The minimum absolute atomic E-state index is 0.183. The second kappa shape index (κ2) is 16.5. The molecule has 0 fully saturated rings. The van der Waals surface area contributed by atoms with Crippen LogP contribution >= 0.6 is 0 Å². The molecule has 5 aromatic carbocycles. The molecule has 0 saturated heterocycles. The molecule has 0 saturated carbocycles. The molecule has 2 heteroatoms. The van der Waals surface area contributed by atoms with Gasteiger partial charge in [0.15, 0.2) is 0 Å². The molecule has 7 aliphatic rings. The Morgan fingerprint density at radius 2 is 1.44 bits per heavy atom. The minimum Gasteiger partial charge on any atom is -0.489 e. The molecule has 1 aliphatic heterocycles. The summed E-state index contributed by atoms with van der Waals surface area (Å²) in [6.07, 6.45) is 42.6. The molecular weight excluding hydrogens is 799 g/mol. The zero-order valence-electron chi connectivity index (χ0n) is 38.4. The zero-order valence-corrected chi connectivity index (χ0v) is 38.4. The SMILES string of the molecule is C[C@@H]1/C=C\C=C/CC2=C(/C3=C\1C/C=C\C(C1C=Cc4c(c5c(c6ccccc46)C=CCC5)C1)=C/CO3)c1cccc(N(C3=CC4C=CC=CC4c4ccccc43)c3ccccc3)c1C2(C)C. The highest BCUT2D eigenvalue weighted by Crippen LogP contribution is 2.57. The van der Waals surface area contributed by atoms with Crippen molar-refractivity contribution in [3.63, 3.8) is 0 Å². The first-order valence-corrected chi connectivity index (χ1v) is 24.3. The highest BCUT2D eigenvalue weighted by molar-refractivity contribution is 6.00. The van der Waals surface area contributed by atoms with Gasteiger partial charge < -0.3 is 9.64 Å². The summed E-state index contributed by atoms with van der Waals surface area (Å²) in [5, 5.41) is 2.75. The number of para-hydroxylation sites is 1. The molecule has 5 aromatic rings. The van der Waals surface area contributed by atoms with Crippen LogP contribution in [-0.2, 0) is 23.0 Å². The van der Waals surface area contributed by atoms with E-state index >= 15 is 0 Å². The number of allylic oxidation sites excluding steroid dienone is 17. The van der Waals surface area contributed by atoms with Gasteiger partial charge in [0, 0.05) is 40.0 Å². The fourth-order valence-corrected chi connectivity index (χ4v) is 12.4. The first-order valence-electron chi connectivity index (χ1n) is 24.3. The van der Waals surface area contributed by atoms with Gasteiger partial charge in [-0.3, -0.25) is 0 Å². The van der Waals surface area contributed by atoms with Crippen LogP contribution in [0, 0.1) is 17.8 Å². The van der Waals surface area contributed by atoms with Gasteiger partial charge in [-0.05, 0) is 129 Å². The van der Waals surface area contributed by atoms with Crippen LogP contribution in [-0.4, -0.2) is 6.61 Å². The average molecular weight is 856 g/mol. The number of anilines is 2. The van der Waals surface area contributed by atoms with Crippen LogP contribution in [0.25, 0.3) is 34.2 Å². The molecule has 1 heterocycles. The third kappa shape index (κ3) is 6.67. The molecule has 0 bridgehead atoms. The zero-order chi connectivity index (χ0) is 44.4. The summed E-state index contributed by atoms with van der Waals surface area (Å²) < 4.78 is 7.35. The predicted octanol–water partition coefficient (Wildman–Crippen LogP) is 16.1. The van der Waals surface area contributed by atoms with Crippen molar-refractivity contribution in [2.75, 3.05) is 11.5 Å². The highest BCUT2D eigenvalue weighted by atomic mass is 16.5. The molecule has 3 unspecified atom stereocenters. The van der Waals surface area contributed by atoms with Crippen LogP contribution in [0.3, 0.4) is 0 Å². The van der Waals surface area contributed by atoms with Crippen molar-refractivity contribution in [3.8, 4) is 0 Å². The fraction of sp³-hybridized carbons (Fsp3) is 0.219. The molecule has 4 atom stereocenters. The maximum Gasteiger partial charge on any atom is 0.127 e. The second-order valence-corrected chi connectivity index (χ2v) is 19.6. The molecule has 0 N–H and O–H groups in total. The predicted molar refractivity (Wildman–Crippen MR) is 278 cm³/mol. The van der Waals surface area contributed by atoms with E-state index in [2.05, 4.69) is 220 Å². The monoisotopic (exact) mass is 855 g/mol. The lowest BCUT2D eigenvalue weighted by Gasteiger charge is -2.38. The molecule has 0 aromatic heterocycles. The number of benzene rings is 5. The second-order valence-electron chi connectivity index (χ2n) is 19.6. The van der Waals surface area contributed by atoms with Gasteiger partial charge in [0.2, 0.25) is 0 Å². The maximum atomic E-state index is 7.35. The molecular formula is C64H57NO. The average Bonchev–Trinajstić information content (AvgIpc) is 3.65. The Morgan fingerprint density at radius 3 is 2.32 bits per heavy atom. The normalized spacial score (nSPS) is 26.5. The highest BCUT2D eigenvalue weighted by Gasteiger charge is 2.43. The lowest BCUT2D eigenvalue weighted by molar-refractivity contribution is 0.257. The summed E-state index contributed by atoms with van der Waals surface area (Å²) in [6, 6.07) is 36.1. The third-order valence-corrected chi connectivity index (χ3v) is 15.6. The summed E-state index contributed by atoms with van der Waals surface area (Å²) >= 11 is 0. The summed E-state index contributed by atoms with van der Waals surface area (Å²) in [7, 11) is 0. The van der Waals surface area contributed by atoms with Crippen molar-refractivity contribution < 1.29 is 4.74 Å². The lowest BCUT2D eigenvalue weighted by Crippen LogP contribution is -2.27. The van der Waals surface area contributed by atoms with Gasteiger partial charge >= 0.3 is 0 Å². The molecule has 66 heavy (non-hydrogen) atoms. The molecule has 2 nitrogen and oxygen atoms in total. The van der Waals surface area contributed by atoms with Gasteiger partial charge in [-0.2, -0.15) is 0 Å². The van der Waals surface area contributed by atoms with E-state index in [4.69, 9.17) is 4.74 Å².